The second-order valence-corrected chi connectivity index (χ2v) is 4.79. The van der Waals surface area contributed by atoms with Crippen molar-refractivity contribution >= 4 is 0 Å². The summed E-state index contributed by atoms with van der Waals surface area (Å²) >= 11 is 0. The number of hydrogen-bond acceptors (Lipinski definition) is 2. The molecule has 14 heavy (non-hydrogen) atoms. The van der Waals surface area contributed by atoms with Gasteiger partial charge in [0.2, 0.25) is 0 Å². The van der Waals surface area contributed by atoms with Gasteiger partial charge in [0.05, 0.1) is 12.2 Å². The fourth-order valence-electron chi connectivity index (χ4n) is 1.16. The van der Waals surface area contributed by atoms with Crippen LogP contribution in [0.15, 0.2) is 0 Å². The van der Waals surface area contributed by atoms with Gasteiger partial charge in [0.25, 0.3) is 0 Å². The molecule has 0 heterocycles. The summed E-state index contributed by atoms with van der Waals surface area (Å²) in [7, 11) is 0. The van der Waals surface area contributed by atoms with Crippen LogP contribution in [-0.2, 0) is 9.78 Å². The van der Waals surface area contributed by atoms with Crippen LogP contribution in [0.2, 0.25) is 0 Å². The minimum absolute atomic E-state index is 0.178. The van der Waals surface area contributed by atoms with Gasteiger partial charge in [-0.25, -0.2) is 9.78 Å². The van der Waals surface area contributed by atoms with E-state index in [-0.39, 0.29) is 5.60 Å². The first-order chi connectivity index (χ1) is 6.56. The van der Waals surface area contributed by atoms with Crippen LogP contribution in [0.5, 0.6) is 0 Å². The van der Waals surface area contributed by atoms with E-state index in [0.29, 0.717) is 0 Å². The van der Waals surface area contributed by atoms with Crippen LogP contribution in [0, 0.1) is 0 Å². The van der Waals surface area contributed by atoms with Crippen LogP contribution in [0.25, 0.3) is 0 Å². The maximum atomic E-state index is 5.16. The monoisotopic (exact) mass is 202 g/mol. The van der Waals surface area contributed by atoms with Crippen LogP contribution in [0.4, 0.5) is 0 Å². The van der Waals surface area contributed by atoms with E-state index in [1.165, 1.54) is 32.1 Å². The molecule has 0 saturated carbocycles. The molecule has 0 aliphatic carbocycles. The fourth-order valence-corrected chi connectivity index (χ4v) is 1.16. The molecule has 86 valence electrons. The average molecular weight is 202 g/mol. The minimum atomic E-state index is -0.178. The van der Waals surface area contributed by atoms with E-state index in [9.17, 15) is 0 Å². The quantitative estimate of drug-likeness (QED) is 0.335. The van der Waals surface area contributed by atoms with Crippen LogP contribution in [0.3, 0.4) is 0 Å². The van der Waals surface area contributed by atoms with Gasteiger partial charge in [-0.3, -0.25) is 0 Å². The molecule has 0 aromatic carbocycles. The maximum Gasteiger partial charge on any atom is 0.0952 e. The lowest BCUT2D eigenvalue weighted by atomic mass is 10.1. The molecule has 0 atom stereocenters. The highest BCUT2D eigenvalue weighted by molar-refractivity contribution is 4.54. The smallest absolute Gasteiger partial charge is 0.0952 e. The van der Waals surface area contributed by atoms with E-state index in [1.807, 2.05) is 20.8 Å². The molecule has 0 amide bonds. The first-order valence-electron chi connectivity index (χ1n) is 5.87. The SMILES string of the molecule is CCCCCCCCOOC(C)(C)C. The lowest BCUT2D eigenvalue weighted by Crippen LogP contribution is -2.19. The third-order valence-electron chi connectivity index (χ3n) is 1.89. The van der Waals surface area contributed by atoms with Crippen molar-refractivity contribution in [3.8, 4) is 0 Å². The predicted molar refractivity (Wildman–Crippen MR) is 60.2 cm³/mol. The molecule has 0 aromatic rings. The summed E-state index contributed by atoms with van der Waals surface area (Å²) in [5.74, 6) is 0. The van der Waals surface area contributed by atoms with Gasteiger partial charge in [-0.2, -0.15) is 0 Å². The predicted octanol–water partition coefficient (Wildman–Crippen LogP) is 4.09. The van der Waals surface area contributed by atoms with Gasteiger partial charge in [-0.05, 0) is 27.2 Å². The Balaban J connectivity index is 2.99. The van der Waals surface area contributed by atoms with Gasteiger partial charge >= 0.3 is 0 Å². The lowest BCUT2D eigenvalue weighted by molar-refractivity contribution is -0.348. The van der Waals surface area contributed by atoms with Crippen molar-refractivity contribution in [3.05, 3.63) is 0 Å². The molecule has 0 aliphatic rings. The molecule has 0 aromatic heterocycles. The molecule has 0 rings (SSSR count). The number of rotatable bonds is 8. The molecule has 0 N–H and O–H groups in total. The Morgan fingerprint density at radius 2 is 1.43 bits per heavy atom. The van der Waals surface area contributed by atoms with E-state index in [2.05, 4.69) is 6.92 Å². The van der Waals surface area contributed by atoms with E-state index >= 15 is 0 Å². The number of hydrogen-bond donors (Lipinski definition) is 0. The Morgan fingerprint density at radius 3 is 2.00 bits per heavy atom. The van der Waals surface area contributed by atoms with Crippen LogP contribution in [0.1, 0.15) is 66.2 Å². The number of unbranched alkanes of at least 4 members (excludes halogenated alkanes) is 5. The third-order valence-corrected chi connectivity index (χ3v) is 1.89. The van der Waals surface area contributed by atoms with Crippen molar-refractivity contribution < 1.29 is 9.78 Å². The molecule has 2 nitrogen and oxygen atoms in total. The van der Waals surface area contributed by atoms with Crippen molar-refractivity contribution in [1.82, 2.24) is 0 Å². The van der Waals surface area contributed by atoms with Gasteiger partial charge in [-0.15, -0.1) is 0 Å². The summed E-state index contributed by atoms with van der Waals surface area (Å²) in [6.45, 7) is 8.94. The van der Waals surface area contributed by atoms with Crippen molar-refractivity contribution in [3.63, 3.8) is 0 Å². The summed E-state index contributed by atoms with van der Waals surface area (Å²) in [5.41, 5.74) is -0.178. The minimum Gasteiger partial charge on any atom is -0.236 e. The summed E-state index contributed by atoms with van der Waals surface area (Å²) in [5, 5.41) is 0. The Hall–Kier alpha value is -0.0800. The third kappa shape index (κ3) is 11.9. The van der Waals surface area contributed by atoms with Crippen LogP contribution >= 0.6 is 0 Å². The zero-order valence-electron chi connectivity index (χ0n) is 10.3. The second-order valence-electron chi connectivity index (χ2n) is 4.79. The zero-order chi connectivity index (χ0) is 10.9. The molecule has 0 spiro atoms. The standard InChI is InChI=1S/C12H26O2/c1-5-6-7-8-9-10-11-13-14-12(2,3)4/h5-11H2,1-4H3. The van der Waals surface area contributed by atoms with Gasteiger partial charge in [0, 0.05) is 0 Å². The molecule has 0 saturated heterocycles. The average Bonchev–Trinajstić information content (AvgIpc) is 2.08. The second kappa shape index (κ2) is 8.25. The van der Waals surface area contributed by atoms with E-state index in [1.54, 1.807) is 0 Å². The highest BCUT2D eigenvalue weighted by Crippen LogP contribution is 2.09. The molecule has 0 aliphatic heterocycles. The molecular weight excluding hydrogens is 176 g/mol. The summed E-state index contributed by atoms with van der Waals surface area (Å²) in [6, 6.07) is 0. The van der Waals surface area contributed by atoms with Gasteiger partial charge in [0.1, 0.15) is 0 Å². The molecule has 0 fully saturated rings. The molecule has 2 heteroatoms. The van der Waals surface area contributed by atoms with Gasteiger partial charge in [-0.1, -0.05) is 39.0 Å². The Kier molecular flexibility index (Phi) is 8.20. The molecular formula is C12H26O2. The normalized spacial score (nSPS) is 12.0. The largest absolute Gasteiger partial charge is 0.236 e. The van der Waals surface area contributed by atoms with Crippen molar-refractivity contribution in [2.24, 2.45) is 0 Å². The molecule has 0 unspecified atom stereocenters. The van der Waals surface area contributed by atoms with Crippen molar-refractivity contribution in [2.75, 3.05) is 6.61 Å². The Labute approximate surface area is 88.9 Å². The summed E-state index contributed by atoms with van der Waals surface area (Å²) < 4.78 is 0. The van der Waals surface area contributed by atoms with Crippen molar-refractivity contribution in [2.45, 2.75) is 71.8 Å². The highest BCUT2D eigenvalue weighted by Gasteiger charge is 2.10. The van der Waals surface area contributed by atoms with E-state index in [0.717, 1.165) is 13.0 Å². The summed E-state index contributed by atoms with van der Waals surface area (Å²) in [6.07, 6.45) is 7.72. The van der Waals surface area contributed by atoms with Crippen LogP contribution in [-0.4, -0.2) is 12.2 Å². The lowest BCUT2D eigenvalue weighted by Gasteiger charge is -2.17. The Morgan fingerprint density at radius 1 is 0.857 bits per heavy atom. The first-order valence-corrected chi connectivity index (χ1v) is 5.87. The topological polar surface area (TPSA) is 18.5 Å². The highest BCUT2D eigenvalue weighted by atomic mass is 17.2. The van der Waals surface area contributed by atoms with Gasteiger partial charge in [0.15, 0.2) is 0 Å². The fraction of sp³-hybridized carbons (Fsp3) is 1.00. The maximum absolute atomic E-state index is 5.16. The first kappa shape index (κ1) is 13.9. The molecule has 0 bridgehead atoms. The molecule has 0 radical (unpaired) electrons. The van der Waals surface area contributed by atoms with Gasteiger partial charge < -0.3 is 0 Å². The van der Waals surface area contributed by atoms with Crippen LogP contribution < -0.4 is 0 Å². The Bertz CT molecular complexity index is 116. The summed E-state index contributed by atoms with van der Waals surface area (Å²) in [4.78, 5) is 10.3. The zero-order valence-corrected chi connectivity index (χ0v) is 10.3. The van der Waals surface area contributed by atoms with E-state index in [4.69, 9.17) is 9.78 Å². The van der Waals surface area contributed by atoms with E-state index < -0.39 is 0 Å². The van der Waals surface area contributed by atoms with Crippen molar-refractivity contribution in [1.29, 1.82) is 0 Å².